The number of ether oxygens (including phenoxy) is 2. The number of aliphatic hydroxyl groups is 2. The molecule has 0 amide bonds. The summed E-state index contributed by atoms with van der Waals surface area (Å²) in [6, 6.07) is 0. The van der Waals surface area contributed by atoms with Crippen molar-refractivity contribution in [3.63, 3.8) is 0 Å². The third-order valence-electron chi connectivity index (χ3n) is 5.02. The van der Waals surface area contributed by atoms with Crippen molar-refractivity contribution in [1.82, 2.24) is 39.0 Å². The SMILES string of the molecule is Nc1nc2c(ncn2COCCO)c(=O)[nH]1.Nc1nc2c(ncn2COCCO)c(=O)[nH]1.O.O.O.O.O=C(O)/C=C/C(=O)O.O=C(O)/C=C/C(=O)O.O=C(O)/C=C/C(=O)O. The normalized spacial score (nSPS) is 9.70. The Balaban J connectivity index is -0.000000216. The summed E-state index contributed by atoms with van der Waals surface area (Å²) in [4.78, 5) is 101. The molecular weight excluding hydrogens is 828 g/mol. The molecule has 0 saturated carbocycles. The Morgan fingerprint density at radius 1 is 0.550 bits per heavy atom. The second kappa shape index (κ2) is 33.2. The molecule has 0 aromatic carbocycles. The summed E-state index contributed by atoms with van der Waals surface area (Å²) in [5.41, 5.74) is 11.2. The lowest BCUT2D eigenvalue weighted by atomic mass is 10.5. The molecule has 336 valence electrons. The molecule has 0 saturated heterocycles. The Morgan fingerprint density at radius 3 is 1.02 bits per heavy atom. The van der Waals surface area contributed by atoms with Crippen LogP contribution < -0.4 is 22.6 Å². The number of nitrogens with zero attached hydrogens (tertiary/aromatic N) is 6. The minimum atomic E-state index is -1.26. The highest BCUT2D eigenvalue weighted by atomic mass is 16.5. The third-order valence-corrected chi connectivity index (χ3v) is 5.02. The summed E-state index contributed by atoms with van der Waals surface area (Å²) in [5.74, 6) is -7.48. The van der Waals surface area contributed by atoms with E-state index in [1.165, 1.54) is 21.8 Å². The number of carboxylic acids is 6. The van der Waals surface area contributed by atoms with Gasteiger partial charge in [0, 0.05) is 36.5 Å². The average molecular weight is 871 g/mol. The molecule has 0 radical (unpaired) electrons. The van der Waals surface area contributed by atoms with Crippen molar-refractivity contribution in [3.8, 4) is 0 Å². The number of aliphatic hydroxyl groups excluding tert-OH is 2. The van der Waals surface area contributed by atoms with Crippen molar-refractivity contribution in [3.05, 3.63) is 69.8 Å². The molecule has 0 aliphatic rings. The van der Waals surface area contributed by atoms with Crippen LogP contribution in [0.5, 0.6) is 0 Å². The van der Waals surface area contributed by atoms with Gasteiger partial charge in [-0.2, -0.15) is 9.97 Å². The first-order chi connectivity index (χ1) is 26.3. The maximum atomic E-state index is 11.4. The van der Waals surface area contributed by atoms with E-state index in [1.54, 1.807) is 0 Å². The molecule has 32 heteroatoms. The van der Waals surface area contributed by atoms with Gasteiger partial charge in [0.15, 0.2) is 22.3 Å². The fourth-order valence-corrected chi connectivity index (χ4v) is 3.01. The molecule has 22 N–H and O–H groups in total. The van der Waals surface area contributed by atoms with Crippen LogP contribution in [0.15, 0.2) is 58.7 Å². The number of nitrogens with one attached hydrogen (secondary N) is 2. The number of imidazole rings is 2. The Bertz CT molecular complexity index is 1930. The number of fused-ring (bicyclic) bond motifs is 2. The first-order valence-electron chi connectivity index (χ1n) is 14.5. The van der Waals surface area contributed by atoms with Crippen LogP contribution in [0.25, 0.3) is 22.3 Å². The molecule has 32 nitrogen and oxygen atoms in total. The van der Waals surface area contributed by atoms with Crippen molar-refractivity contribution in [1.29, 1.82) is 0 Å². The lowest BCUT2D eigenvalue weighted by Crippen LogP contribution is -2.13. The number of hydrogen-bond donors (Lipinski definition) is 12. The molecule has 0 bridgehead atoms. The maximum absolute atomic E-state index is 11.4. The van der Waals surface area contributed by atoms with E-state index in [-0.39, 0.29) is 95.8 Å². The van der Waals surface area contributed by atoms with Crippen molar-refractivity contribution < 1.29 is 101 Å². The van der Waals surface area contributed by atoms with Crippen molar-refractivity contribution in [2.75, 3.05) is 37.9 Å². The van der Waals surface area contributed by atoms with Crippen LogP contribution in [0.3, 0.4) is 0 Å². The minimum Gasteiger partial charge on any atom is -0.478 e. The van der Waals surface area contributed by atoms with Crippen LogP contribution in [0.2, 0.25) is 0 Å². The molecule has 4 heterocycles. The first-order valence-corrected chi connectivity index (χ1v) is 14.5. The van der Waals surface area contributed by atoms with Crippen LogP contribution >= 0.6 is 0 Å². The standard InChI is InChI=1S/2C8H11N5O3.3C4H4O4.4H2O/c2*9-8-11-6-5(7(15)12-8)10-3-13(6)4-16-2-1-14;3*5-3(6)1-2-4(7)8;;;;/h2*3,14H,1-2,4H2,(H3,9,11,12,15);3*1-2H,(H,5,6)(H,7,8);4*1H2/b;;3*2-1+;;;;. The smallest absolute Gasteiger partial charge is 0.328 e. The van der Waals surface area contributed by atoms with E-state index >= 15 is 0 Å². The average Bonchev–Trinajstić information content (AvgIpc) is 3.71. The molecule has 4 aromatic rings. The van der Waals surface area contributed by atoms with Gasteiger partial charge in [0.05, 0.1) is 39.1 Å². The van der Waals surface area contributed by atoms with Crippen LogP contribution in [0.4, 0.5) is 11.9 Å². The number of aromatic nitrogens is 8. The minimum absolute atomic E-state index is 0. The van der Waals surface area contributed by atoms with Gasteiger partial charge in [0.2, 0.25) is 11.9 Å². The van der Waals surface area contributed by atoms with E-state index in [9.17, 15) is 38.4 Å². The Hall–Kier alpha value is -7.98. The highest BCUT2D eigenvalue weighted by Gasteiger charge is 2.10. The molecule has 4 aromatic heterocycles. The second-order valence-electron chi connectivity index (χ2n) is 9.23. The fraction of sp³-hybridized carbons (Fsp3) is 0.214. The molecule has 0 aliphatic carbocycles. The van der Waals surface area contributed by atoms with E-state index in [2.05, 4.69) is 29.9 Å². The van der Waals surface area contributed by atoms with Crippen LogP contribution in [-0.2, 0) is 51.7 Å². The number of aliphatic carboxylic acids is 6. The summed E-state index contributed by atoms with van der Waals surface area (Å²) < 4.78 is 13.3. The zero-order valence-corrected chi connectivity index (χ0v) is 30.4. The third kappa shape index (κ3) is 26.8. The predicted octanol–water partition coefficient (Wildman–Crippen LogP) is -6.83. The van der Waals surface area contributed by atoms with Gasteiger partial charge in [-0.05, 0) is 0 Å². The first kappa shape index (κ1) is 61.2. The Morgan fingerprint density at radius 2 is 0.800 bits per heavy atom. The van der Waals surface area contributed by atoms with Gasteiger partial charge < -0.3 is 83.7 Å². The number of hydrogen-bond acceptors (Lipinski definition) is 18. The van der Waals surface area contributed by atoms with Crippen LogP contribution in [0, 0.1) is 0 Å². The molecule has 60 heavy (non-hydrogen) atoms. The largest absolute Gasteiger partial charge is 0.478 e. The number of nitrogen functional groups attached to an aromatic ring is 2. The quantitative estimate of drug-likeness (QED) is 0.0414. The van der Waals surface area contributed by atoms with Crippen molar-refractivity contribution in [2.24, 2.45) is 0 Å². The molecular formula is C28H42N10O22. The number of H-pyrrole nitrogens is 2. The predicted molar refractivity (Wildman–Crippen MR) is 199 cm³/mol. The number of anilines is 2. The number of nitrogens with two attached hydrogens (primary N) is 2. The van der Waals surface area contributed by atoms with Crippen LogP contribution in [-0.4, -0.2) is 164 Å². The lowest BCUT2D eigenvalue weighted by Gasteiger charge is -2.03. The van der Waals surface area contributed by atoms with Crippen molar-refractivity contribution >= 4 is 70.0 Å². The summed E-state index contributed by atoms with van der Waals surface area (Å²) in [7, 11) is 0. The van der Waals surface area contributed by atoms with Gasteiger partial charge in [-0.3, -0.25) is 28.7 Å². The zero-order chi connectivity index (χ0) is 42.8. The monoisotopic (exact) mass is 870 g/mol. The molecule has 4 rings (SSSR count). The maximum Gasteiger partial charge on any atom is 0.328 e. The van der Waals surface area contributed by atoms with Gasteiger partial charge >= 0.3 is 35.8 Å². The number of carboxylic acid groups (broad SMARTS) is 6. The van der Waals surface area contributed by atoms with Gasteiger partial charge in [-0.15, -0.1) is 0 Å². The summed E-state index contributed by atoms with van der Waals surface area (Å²) in [6.45, 7) is 0.599. The van der Waals surface area contributed by atoms with Crippen LogP contribution in [0.1, 0.15) is 0 Å². The van der Waals surface area contributed by atoms with E-state index in [0.717, 1.165) is 0 Å². The van der Waals surface area contributed by atoms with E-state index in [4.69, 9.17) is 61.8 Å². The summed E-state index contributed by atoms with van der Waals surface area (Å²) >= 11 is 0. The molecule has 0 aliphatic heterocycles. The van der Waals surface area contributed by atoms with Crippen molar-refractivity contribution in [2.45, 2.75) is 13.5 Å². The number of aromatic amines is 2. The fourth-order valence-electron chi connectivity index (χ4n) is 3.01. The topological polar surface area (TPSA) is 588 Å². The molecule has 0 fully saturated rings. The summed E-state index contributed by atoms with van der Waals surface area (Å²) in [6.07, 6.45) is 6.22. The zero-order valence-electron chi connectivity index (χ0n) is 30.4. The van der Waals surface area contributed by atoms with Gasteiger partial charge in [0.25, 0.3) is 11.1 Å². The number of carbonyl (C=O) groups is 6. The second-order valence-corrected chi connectivity index (χ2v) is 9.23. The highest BCUT2D eigenvalue weighted by molar-refractivity contribution is 5.90. The molecule has 0 spiro atoms. The Labute approximate surface area is 331 Å². The van der Waals surface area contributed by atoms with Gasteiger partial charge in [0.1, 0.15) is 13.5 Å². The van der Waals surface area contributed by atoms with E-state index in [1.807, 2.05) is 0 Å². The van der Waals surface area contributed by atoms with Gasteiger partial charge in [-0.25, -0.2) is 38.7 Å². The van der Waals surface area contributed by atoms with E-state index in [0.29, 0.717) is 47.8 Å². The van der Waals surface area contributed by atoms with Gasteiger partial charge in [-0.1, -0.05) is 0 Å². The molecule has 0 atom stereocenters. The number of rotatable bonds is 14. The highest BCUT2D eigenvalue weighted by Crippen LogP contribution is 2.07. The molecule has 0 unspecified atom stereocenters. The Kier molecular flexibility index (Phi) is 33.9. The summed E-state index contributed by atoms with van der Waals surface area (Å²) in [5, 5.41) is 64.0. The lowest BCUT2D eigenvalue weighted by molar-refractivity contribution is -0.134. The van der Waals surface area contributed by atoms with E-state index < -0.39 is 35.8 Å².